The van der Waals surface area contributed by atoms with Crippen molar-refractivity contribution < 1.29 is 0 Å². The van der Waals surface area contributed by atoms with E-state index >= 15 is 0 Å². The molecule has 1 aromatic carbocycles. The third kappa shape index (κ3) is 1.90. The summed E-state index contributed by atoms with van der Waals surface area (Å²) in [5.74, 6) is 0. The van der Waals surface area contributed by atoms with Crippen LogP contribution in [-0.2, 0) is 12.0 Å². The Morgan fingerprint density at radius 2 is 2.13 bits per heavy atom. The van der Waals surface area contributed by atoms with Crippen LogP contribution in [0.1, 0.15) is 31.3 Å². The van der Waals surface area contributed by atoms with Gasteiger partial charge < -0.3 is 5.73 Å². The van der Waals surface area contributed by atoms with Crippen LogP contribution in [-0.4, -0.2) is 4.98 Å². The summed E-state index contributed by atoms with van der Waals surface area (Å²) in [6.07, 6.45) is 1.02. The van der Waals surface area contributed by atoms with Crippen LogP contribution in [0, 0.1) is 0 Å². The predicted molar refractivity (Wildman–Crippen MR) is 66.2 cm³/mol. The van der Waals surface area contributed by atoms with E-state index in [0.717, 1.165) is 16.9 Å². The van der Waals surface area contributed by atoms with Crippen molar-refractivity contribution >= 4 is 21.6 Å². The van der Waals surface area contributed by atoms with E-state index in [9.17, 15) is 0 Å². The van der Waals surface area contributed by atoms with Gasteiger partial charge in [0.05, 0.1) is 15.8 Å². The number of thiazole rings is 1. The van der Waals surface area contributed by atoms with E-state index in [0.29, 0.717) is 0 Å². The predicted octanol–water partition coefficient (Wildman–Crippen LogP) is 3.05. The summed E-state index contributed by atoms with van der Waals surface area (Å²) >= 11 is 1.70. The molecule has 1 aromatic heterocycles. The molecule has 80 valence electrons. The van der Waals surface area contributed by atoms with Gasteiger partial charge >= 0.3 is 0 Å². The smallest absolute Gasteiger partial charge is 0.113 e. The van der Waals surface area contributed by atoms with Crippen molar-refractivity contribution in [1.82, 2.24) is 4.98 Å². The van der Waals surface area contributed by atoms with Gasteiger partial charge in [0.25, 0.3) is 0 Å². The van der Waals surface area contributed by atoms with Gasteiger partial charge in [0.1, 0.15) is 5.01 Å². The molecular weight excluding hydrogens is 204 g/mol. The number of rotatable bonds is 2. The molecule has 0 radical (unpaired) electrons. The normalized spacial score (nSPS) is 12.3. The highest BCUT2D eigenvalue weighted by Crippen LogP contribution is 2.30. The summed E-state index contributed by atoms with van der Waals surface area (Å²) in [6.45, 7) is 6.15. The Hall–Kier alpha value is -0.930. The maximum absolute atomic E-state index is 6.06. The Labute approximate surface area is 94.1 Å². The number of nitrogens with zero attached hydrogens (tertiary/aromatic N) is 1. The van der Waals surface area contributed by atoms with Crippen LogP contribution in [0.4, 0.5) is 0 Å². The number of benzene rings is 1. The van der Waals surface area contributed by atoms with E-state index in [4.69, 9.17) is 5.73 Å². The van der Waals surface area contributed by atoms with Crippen LogP contribution in [0.25, 0.3) is 10.2 Å². The SMILES string of the molecule is CCc1cccc2sc(C(C)(C)N)nc12. The lowest BCUT2D eigenvalue weighted by atomic mass is 10.1. The first-order chi connectivity index (χ1) is 7.02. The highest BCUT2D eigenvalue weighted by molar-refractivity contribution is 7.18. The van der Waals surface area contributed by atoms with Gasteiger partial charge in [-0.15, -0.1) is 11.3 Å². The average molecular weight is 220 g/mol. The molecule has 0 aliphatic heterocycles. The fourth-order valence-electron chi connectivity index (χ4n) is 1.57. The summed E-state index contributed by atoms with van der Waals surface area (Å²) in [7, 11) is 0. The number of aryl methyl sites for hydroxylation is 1. The van der Waals surface area contributed by atoms with Crippen LogP contribution in [0.3, 0.4) is 0 Å². The van der Waals surface area contributed by atoms with Crippen molar-refractivity contribution in [1.29, 1.82) is 0 Å². The molecule has 1 heterocycles. The third-order valence-corrected chi connectivity index (χ3v) is 3.79. The Morgan fingerprint density at radius 3 is 2.73 bits per heavy atom. The lowest BCUT2D eigenvalue weighted by molar-refractivity contribution is 0.551. The van der Waals surface area contributed by atoms with Gasteiger partial charge in [-0.3, -0.25) is 0 Å². The fourth-order valence-corrected chi connectivity index (χ4v) is 2.59. The fraction of sp³-hybridized carbons (Fsp3) is 0.417. The first kappa shape index (κ1) is 10.6. The summed E-state index contributed by atoms with van der Waals surface area (Å²) < 4.78 is 1.24. The zero-order valence-corrected chi connectivity index (χ0v) is 10.2. The Kier molecular flexibility index (Phi) is 2.52. The number of hydrogen-bond donors (Lipinski definition) is 1. The van der Waals surface area contributed by atoms with E-state index in [2.05, 4.69) is 30.1 Å². The monoisotopic (exact) mass is 220 g/mol. The summed E-state index contributed by atoms with van der Waals surface area (Å²) in [5.41, 5.74) is 8.15. The van der Waals surface area contributed by atoms with Gasteiger partial charge in [0.15, 0.2) is 0 Å². The molecular formula is C12H16N2S. The first-order valence-electron chi connectivity index (χ1n) is 5.20. The van der Waals surface area contributed by atoms with E-state index in [-0.39, 0.29) is 5.54 Å². The Morgan fingerprint density at radius 1 is 1.40 bits per heavy atom. The molecule has 0 unspecified atom stereocenters. The summed E-state index contributed by atoms with van der Waals surface area (Å²) in [6, 6.07) is 6.34. The van der Waals surface area contributed by atoms with Crippen LogP contribution in [0.5, 0.6) is 0 Å². The van der Waals surface area contributed by atoms with Crippen LogP contribution in [0.2, 0.25) is 0 Å². The minimum atomic E-state index is -0.339. The molecule has 0 amide bonds. The van der Waals surface area contributed by atoms with Gasteiger partial charge in [0, 0.05) is 0 Å². The van der Waals surface area contributed by atoms with Gasteiger partial charge in [-0.05, 0) is 31.9 Å². The van der Waals surface area contributed by atoms with Gasteiger partial charge in [-0.25, -0.2) is 4.98 Å². The zero-order valence-electron chi connectivity index (χ0n) is 9.37. The van der Waals surface area contributed by atoms with Crippen molar-refractivity contribution in [3.05, 3.63) is 28.8 Å². The second kappa shape index (κ2) is 3.58. The van der Waals surface area contributed by atoms with Crippen molar-refractivity contribution in [3.63, 3.8) is 0 Å². The number of para-hydroxylation sites is 1. The van der Waals surface area contributed by atoms with Crippen LogP contribution >= 0.6 is 11.3 Å². The van der Waals surface area contributed by atoms with Crippen LogP contribution < -0.4 is 5.73 Å². The molecule has 0 fully saturated rings. The van der Waals surface area contributed by atoms with E-state index in [1.54, 1.807) is 11.3 Å². The highest BCUT2D eigenvalue weighted by Gasteiger charge is 2.19. The number of nitrogens with two attached hydrogens (primary N) is 1. The van der Waals surface area contributed by atoms with Crippen molar-refractivity contribution in [2.45, 2.75) is 32.7 Å². The van der Waals surface area contributed by atoms with Crippen LogP contribution in [0.15, 0.2) is 18.2 Å². The van der Waals surface area contributed by atoms with Gasteiger partial charge in [-0.2, -0.15) is 0 Å². The minimum absolute atomic E-state index is 0.339. The molecule has 2 aromatic rings. The molecule has 15 heavy (non-hydrogen) atoms. The molecule has 2 N–H and O–H groups in total. The lowest BCUT2D eigenvalue weighted by Gasteiger charge is -2.13. The molecule has 2 rings (SSSR count). The summed E-state index contributed by atoms with van der Waals surface area (Å²) in [5, 5.41) is 1.01. The second-order valence-corrected chi connectivity index (χ2v) is 5.39. The van der Waals surface area contributed by atoms with Crippen molar-refractivity contribution in [2.75, 3.05) is 0 Å². The molecule has 3 heteroatoms. The standard InChI is InChI=1S/C12H16N2S/c1-4-8-6-5-7-9-10(8)14-11(15-9)12(2,3)13/h5-7H,4,13H2,1-3H3. The zero-order chi connectivity index (χ0) is 11.1. The summed E-state index contributed by atoms with van der Waals surface area (Å²) in [4.78, 5) is 4.65. The molecule has 0 saturated heterocycles. The molecule has 0 saturated carbocycles. The molecule has 0 atom stereocenters. The topological polar surface area (TPSA) is 38.9 Å². The number of aromatic nitrogens is 1. The first-order valence-corrected chi connectivity index (χ1v) is 6.02. The Bertz CT molecular complexity index is 480. The van der Waals surface area contributed by atoms with E-state index in [1.807, 2.05) is 13.8 Å². The largest absolute Gasteiger partial charge is 0.320 e. The number of hydrogen-bond acceptors (Lipinski definition) is 3. The molecule has 2 nitrogen and oxygen atoms in total. The quantitative estimate of drug-likeness (QED) is 0.844. The highest BCUT2D eigenvalue weighted by atomic mass is 32.1. The minimum Gasteiger partial charge on any atom is -0.320 e. The third-order valence-electron chi connectivity index (χ3n) is 2.43. The van der Waals surface area contributed by atoms with Gasteiger partial charge in [-0.1, -0.05) is 19.1 Å². The molecule has 0 aliphatic carbocycles. The van der Waals surface area contributed by atoms with E-state index in [1.165, 1.54) is 10.3 Å². The molecule has 0 bridgehead atoms. The number of fused-ring (bicyclic) bond motifs is 1. The maximum Gasteiger partial charge on any atom is 0.113 e. The maximum atomic E-state index is 6.06. The second-order valence-electron chi connectivity index (χ2n) is 4.36. The van der Waals surface area contributed by atoms with Crippen molar-refractivity contribution in [2.24, 2.45) is 5.73 Å². The lowest BCUT2D eigenvalue weighted by Crippen LogP contribution is -2.28. The average Bonchev–Trinajstić information content (AvgIpc) is 2.59. The van der Waals surface area contributed by atoms with Gasteiger partial charge in [0.2, 0.25) is 0 Å². The molecule has 0 aliphatic rings. The Balaban J connectivity index is 2.65. The van der Waals surface area contributed by atoms with E-state index < -0.39 is 0 Å². The van der Waals surface area contributed by atoms with Crippen molar-refractivity contribution in [3.8, 4) is 0 Å². The molecule has 0 spiro atoms.